The first-order chi connectivity index (χ1) is 8.23. The fourth-order valence-corrected chi connectivity index (χ4v) is 1.70. The predicted molar refractivity (Wildman–Crippen MR) is 50.6 cm³/mol. The van der Waals surface area contributed by atoms with Gasteiger partial charge in [-0.05, 0) is 0 Å². The van der Waals surface area contributed by atoms with Crippen molar-refractivity contribution in [3.8, 4) is 0 Å². The van der Waals surface area contributed by atoms with E-state index in [1.165, 1.54) is 0 Å². The van der Waals surface area contributed by atoms with Crippen LogP contribution in [0, 0.1) is 0 Å². The standard InChI is InChI=1S/C9H16O9/c10-2-4(12)6(14)7-5(13)3(11)1-9(17,18-7)8(15)16/h3-7,10-14,17H,1-2H2,(H,15,16)/p-1/t3-,4+,5+,6-,7-,9-/m0/s1. The lowest BCUT2D eigenvalue weighted by molar-refractivity contribution is -0.380. The van der Waals surface area contributed by atoms with E-state index in [9.17, 15) is 35.4 Å². The highest BCUT2D eigenvalue weighted by Gasteiger charge is 2.49. The summed E-state index contributed by atoms with van der Waals surface area (Å²) in [6.45, 7) is -0.881. The van der Waals surface area contributed by atoms with Crippen molar-refractivity contribution in [2.75, 3.05) is 6.61 Å². The smallest absolute Gasteiger partial charge is 0.210 e. The monoisotopic (exact) mass is 267 g/mol. The molecule has 0 unspecified atom stereocenters. The Labute approximate surface area is 101 Å². The van der Waals surface area contributed by atoms with Crippen molar-refractivity contribution in [3.63, 3.8) is 0 Å². The minimum atomic E-state index is -2.89. The zero-order valence-electron chi connectivity index (χ0n) is 9.21. The normalized spacial score (nSPS) is 40.2. The van der Waals surface area contributed by atoms with Gasteiger partial charge >= 0.3 is 0 Å². The molecule has 0 aromatic carbocycles. The molecule has 1 rings (SSSR count). The number of hydrogen-bond donors (Lipinski definition) is 6. The van der Waals surface area contributed by atoms with Crippen LogP contribution in [-0.2, 0) is 9.53 Å². The zero-order chi connectivity index (χ0) is 14.1. The van der Waals surface area contributed by atoms with E-state index in [1.807, 2.05) is 0 Å². The third kappa shape index (κ3) is 2.78. The van der Waals surface area contributed by atoms with Crippen LogP contribution < -0.4 is 5.11 Å². The molecule has 1 heterocycles. The molecule has 0 saturated carbocycles. The van der Waals surface area contributed by atoms with Crippen LogP contribution in [0.1, 0.15) is 6.42 Å². The maximum absolute atomic E-state index is 10.7. The van der Waals surface area contributed by atoms with Gasteiger partial charge in [-0.25, -0.2) is 0 Å². The van der Waals surface area contributed by atoms with Gasteiger partial charge in [0.2, 0.25) is 5.79 Å². The van der Waals surface area contributed by atoms with Crippen LogP contribution in [0.25, 0.3) is 0 Å². The van der Waals surface area contributed by atoms with Gasteiger partial charge in [-0.15, -0.1) is 0 Å². The summed E-state index contributed by atoms with van der Waals surface area (Å²) in [7, 11) is 0. The number of rotatable bonds is 4. The van der Waals surface area contributed by atoms with Gasteiger partial charge in [-0.3, -0.25) is 0 Å². The summed E-state index contributed by atoms with van der Waals surface area (Å²) in [5, 5.41) is 66.4. The number of carbonyl (C=O) groups is 1. The zero-order valence-corrected chi connectivity index (χ0v) is 9.21. The maximum atomic E-state index is 10.7. The third-order valence-electron chi connectivity index (χ3n) is 2.78. The van der Waals surface area contributed by atoms with Gasteiger partial charge in [0.25, 0.3) is 0 Å². The van der Waals surface area contributed by atoms with Gasteiger partial charge in [0, 0.05) is 6.42 Å². The van der Waals surface area contributed by atoms with E-state index < -0.39 is 55.3 Å². The van der Waals surface area contributed by atoms with Crippen LogP contribution in [0.4, 0.5) is 0 Å². The molecule has 0 aliphatic carbocycles. The molecule has 1 saturated heterocycles. The number of aliphatic hydroxyl groups excluding tert-OH is 5. The Kier molecular flexibility index (Phi) is 4.61. The second-order valence-electron chi connectivity index (χ2n) is 4.16. The molecule has 9 heteroatoms. The minimum absolute atomic E-state index is 0.852. The van der Waals surface area contributed by atoms with Crippen molar-refractivity contribution < 1.29 is 45.3 Å². The van der Waals surface area contributed by atoms with Crippen LogP contribution in [0.2, 0.25) is 0 Å². The molecule has 0 spiro atoms. The highest BCUT2D eigenvalue weighted by molar-refractivity contribution is 5.73. The summed E-state index contributed by atoms with van der Waals surface area (Å²) >= 11 is 0. The summed E-state index contributed by atoms with van der Waals surface area (Å²) in [5.41, 5.74) is 0. The number of carbonyl (C=O) groups excluding carboxylic acids is 1. The molecule has 6 N–H and O–H groups in total. The third-order valence-corrected chi connectivity index (χ3v) is 2.78. The van der Waals surface area contributed by atoms with Crippen LogP contribution in [0.5, 0.6) is 0 Å². The van der Waals surface area contributed by atoms with E-state index in [0.717, 1.165) is 0 Å². The topological polar surface area (TPSA) is 171 Å². The van der Waals surface area contributed by atoms with Gasteiger partial charge < -0.3 is 45.3 Å². The molecule has 1 fully saturated rings. The molecule has 9 nitrogen and oxygen atoms in total. The van der Waals surface area contributed by atoms with Crippen molar-refractivity contribution in [1.29, 1.82) is 0 Å². The largest absolute Gasteiger partial charge is 0.544 e. The number of aliphatic carboxylic acids is 1. The van der Waals surface area contributed by atoms with Crippen molar-refractivity contribution >= 4 is 5.97 Å². The van der Waals surface area contributed by atoms with Gasteiger partial charge in [0.1, 0.15) is 30.4 Å². The minimum Gasteiger partial charge on any atom is -0.544 e. The van der Waals surface area contributed by atoms with Crippen molar-refractivity contribution in [2.24, 2.45) is 0 Å². The molecule has 0 aromatic heterocycles. The molecular weight excluding hydrogens is 252 g/mol. The Hall–Kier alpha value is -0.810. The Morgan fingerprint density at radius 2 is 2.00 bits per heavy atom. The number of ether oxygens (including phenoxy) is 1. The van der Waals surface area contributed by atoms with Gasteiger partial charge in [0.05, 0.1) is 12.7 Å². The summed E-state index contributed by atoms with van der Waals surface area (Å²) in [6.07, 6.45) is -9.71. The summed E-state index contributed by atoms with van der Waals surface area (Å²) < 4.78 is 4.57. The Morgan fingerprint density at radius 3 is 2.44 bits per heavy atom. The molecule has 0 radical (unpaired) electrons. The molecule has 106 valence electrons. The average Bonchev–Trinajstić information content (AvgIpc) is 2.31. The van der Waals surface area contributed by atoms with Crippen molar-refractivity contribution in [1.82, 2.24) is 0 Å². The summed E-state index contributed by atoms with van der Waals surface area (Å²) in [4.78, 5) is 10.7. The number of carboxylic acid groups (broad SMARTS) is 1. The lowest BCUT2D eigenvalue weighted by Crippen LogP contribution is -2.65. The molecular formula is C9H15O9-. The lowest BCUT2D eigenvalue weighted by atomic mass is 9.91. The predicted octanol–water partition coefficient (Wildman–Crippen LogP) is -5.35. The second kappa shape index (κ2) is 5.45. The van der Waals surface area contributed by atoms with E-state index in [1.54, 1.807) is 0 Å². The molecule has 0 aromatic rings. The number of carboxylic acids is 1. The Balaban J connectivity index is 2.92. The van der Waals surface area contributed by atoms with E-state index in [-0.39, 0.29) is 0 Å². The Morgan fingerprint density at radius 1 is 1.44 bits per heavy atom. The molecule has 0 amide bonds. The van der Waals surface area contributed by atoms with Crippen LogP contribution in [0.15, 0.2) is 0 Å². The molecule has 1 aliphatic rings. The van der Waals surface area contributed by atoms with Crippen molar-refractivity contribution in [3.05, 3.63) is 0 Å². The Bertz CT molecular complexity index is 308. The van der Waals surface area contributed by atoms with Crippen LogP contribution in [0.3, 0.4) is 0 Å². The first-order valence-electron chi connectivity index (χ1n) is 5.17. The second-order valence-corrected chi connectivity index (χ2v) is 4.16. The van der Waals surface area contributed by atoms with Crippen LogP contribution in [-0.4, -0.2) is 79.5 Å². The SMILES string of the molecule is O=C([O-])[C@]1(O)C[C@H](O)[C@@H](O)[C@@H]([C@@H](O)[C@H](O)CO)O1. The van der Waals surface area contributed by atoms with Crippen LogP contribution >= 0.6 is 0 Å². The first kappa shape index (κ1) is 15.2. The molecule has 18 heavy (non-hydrogen) atoms. The summed E-state index contributed by atoms with van der Waals surface area (Å²) in [6, 6.07) is 0. The highest BCUT2D eigenvalue weighted by Crippen LogP contribution is 2.29. The number of hydrogen-bond acceptors (Lipinski definition) is 9. The van der Waals surface area contributed by atoms with E-state index in [4.69, 9.17) is 5.11 Å². The molecule has 1 aliphatic heterocycles. The summed E-state index contributed by atoms with van der Waals surface area (Å²) in [5.74, 6) is -4.94. The van der Waals surface area contributed by atoms with Gasteiger partial charge in [0.15, 0.2) is 0 Å². The molecule has 0 bridgehead atoms. The van der Waals surface area contributed by atoms with Gasteiger partial charge in [-0.1, -0.05) is 0 Å². The maximum Gasteiger partial charge on any atom is 0.210 e. The van der Waals surface area contributed by atoms with E-state index in [2.05, 4.69) is 4.74 Å². The fourth-order valence-electron chi connectivity index (χ4n) is 1.70. The quantitative estimate of drug-likeness (QED) is 0.291. The van der Waals surface area contributed by atoms with Gasteiger partial charge in [-0.2, -0.15) is 0 Å². The first-order valence-corrected chi connectivity index (χ1v) is 5.17. The molecule has 6 atom stereocenters. The number of aliphatic hydroxyl groups is 6. The lowest BCUT2D eigenvalue weighted by Gasteiger charge is -2.44. The van der Waals surface area contributed by atoms with Crippen molar-refractivity contribution in [2.45, 2.75) is 42.7 Å². The van der Waals surface area contributed by atoms with E-state index >= 15 is 0 Å². The highest BCUT2D eigenvalue weighted by atomic mass is 16.7. The fraction of sp³-hybridized carbons (Fsp3) is 0.889. The average molecular weight is 267 g/mol. The van der Waals surface area contributed by atoms with E-state index in [0.29, 0.717) is 0 Å².